The number of benzene rings is 2. The summed E-state index contributed by atoms with van der Waals surface area (Å²) in [6.07, 6.45) is 1.97. The highest BCUT2D eigenvalue weighted by atomic mass is 16.5. The molecule has 5 heteroatoms. The van der Waals surface area contributed by atoms with E-state index in [4.69, 9.17) is 15.3 Å². The van der Waals surface area contributed by atoms with Crippen molar-refractivity contribution in [2.24, 2.45) is 5.84 Å². The molecule has 5 nitrogen and oxygen atoms in total. The number of hydrogen-bond acceptors (Lipinski definition) is 4. The molecule has 0 atom stereocenters. The van der Waals surface area contributed by atoms with Crippen LogP contribution in [0.1, 0.15) is 23.2 Å². The van der Waals surface area contributed by atoms with Crippen molar-refractivity contribution in [2.45, 2.75) is 12.8 Å². The molecule has 23 heavy (non-hydrogen) atoms. The van der Waals surface area contributed by atoms with Crippen molar-refractivity contribution in [1.29, 1.82) is 0 Å². The van der Waals surface area contributed by atoms with Crippen molar-refractivity contribution in [3.05, 3.63) is 54.1 Å². The maximum atomic E-state index is 11.4. The van der Waals surface area contributed by atoms with Crippen LogP contribution in [0.2, 0.25) is 0 Å². The molecule has 2 aromatic rings. The number of ether oxygens (including phenoxy) is 2. The first-order valence-electron chi connectivity index (χ1n) is 7.58. The van der Waals surface area contributed by atoms with Crippen LogP contribution >= 0.6 is 0 Å². The van der Waals surface area contributed by atoms with E-state index in [1.807, 2.05) is 36.4 Å². The van der Waals surface area contributed by atoms with E-state index in [1.54, 1.807) is 19.2 Å². The molecule has 0 aliphatic rings. The van der Waals surface area contributed by atoms with E-state index in [2.05, 4.69) is 5.43 Å². The van der Waals surface area contributed by atoms with Gasteiger partial charge in [-0.3, -0.25) is 10.2 Å². The van der Waals surface area contributed by atoms with Gasteiger partial charge < -0.3 is 9.47 Å². The number of carbonyl (C=O) groups is 1. The first kappa shape index (κ1) is 17.0. The third-order valence-corrected chi connectivity index (χ3v) is 3.48. The van der Waals surface area contributed by atoms with E-state index < -0.39 is 0 Å². The highest BCUT2D eigenvalue weighted by Gasteiger charge is 2.04. The second kappa shape index (κ2) is 8.92. The number of hydrazine groups is 1. The monoisotopic (exact) mass is 314 g/mol. The fourth-order valence-corrected chi connectivity index (χ4v) is 2.18. The summed E-state index contributed by atoms with van der Waals surface area (Å²) in [6, 6.07) is 15.2. The predicted molar refractivity (Wildman–Crippen MR) is 90.1 cm³/mol. The smallest absolute Gasteiger partial charge is 0.265 e. The van der Waals surface area contributed by atoms with Crippen molar-refractivity contribution in [2.75, 3.05) is 20.3 Å². The van der Waals surface area contributed by atoms with Crippen molar-refractivity contribution in [3.63, 3.8) is 0 Å². The number of unbranched alkanes of at least 4 members (excludes halogenated alkanes) is 1. The van der Waals surface area contributed by atoms with Gasteiger partial charge >= 0.3 is 0 Å². The van der Waals surface area contributed by atoms with Crippen molar-refractivity contribution in [3.8, 4) is 16.9 Å². The molecular weight excluding hydrogens is 292 g/mol. The minimum atomic E-state index is -0.297. The molecule has 0 fully saturated rings. The molecule has 3 N–H and O–H groups in total. The van der Waals surface area contributed by atoms with Gasteiger partial charge in [0, 0.05) is 19.3 Å². The molecule has 0 aliphatic carbocycles. The van der Waals surface area contributed by atoms with Crippen molar-refractivity contribution in [1.82, 2.24) is 5.43 Å². The summed E-state index contributed by atoms with van der Waals surface area (Å²) in [4.78, 5) is 11.4. The SMILES string of the molecule is COCCCCOc1ccc(-c2ccc(C(=O)NN)cc2)cc1. The lowest BCUT2D eigenvalue weighted by molar-refractivity contribution is 0.0953. The Hall–Kier alpha value is -2.37. The van der Waals surface area contributed by atoms with Gasteiger partial charge in [0.05, 0.1) is 6.61 Å². The maximum absolute atomic E-state index is 11.4. The van der Waals surface area contributed by atoms with E-state index in [-0.39, 0.29) is 5.91 Å². The molecule has 0 saturated carbocycles. The number of hydrogen-bond donors (Lipinski definition) is 2. The van der Waals surface area contributed by atoms with Crippen LogP contribution in [0, 0.1) is 0 Å². The summed E-state index contributed by atoms with van der Waals surface area (Å²) in [5, 5.41) is 0. The Balaban J connectivity index is 1.92. The van der Waals surface area contributed by atoms with E-state index in [0.29, 0.717) is 12.2 Å². The lowest BCUT2D eigenvalue weighted by Crippen LogP contribution is -2.29. The number of nitrogens with one attached hydrogen (secondary N) is 1. The number of methoxy groups -OCH3 is 1. The van der Waals surface area contributed by atoms with Crippen LogP contribution in [-0.2, 0) is 4.74 Å². The molecule has 2 rings (SSSR count). The molecule has 0 bridgehead atoms. The number of nitrogens with two attached hydrogens (primary N) is 1. The molecule has 0 heterocycles. The highest BCUT2D eigenvalue weighted by Crippen LogP contribution is 2.23. The van der Waals surface area contributed by atoms with Gasteiger partial charge in [-0.2, -0.15) is 0 Å². The largest absolute Gasteiger partial charge is 0.494 e. The second-order valence-electron chi connectivity index (χ2n) is 5.12. The average Bonchev–Trinajstić information content (AvgIpc) is 2.61. The lowest BCUT2D eigenvalue weighted by atomic mass is 10.0. The predicted octanol–water partition coefficient (Wildman–Crippen LogP) is 2.76. The van der Waals surface area contributed by atoms with E-state index in [9.17, 15) is 4.79 Å². The number of rotatable bonds is 8. The normalized spacial score (nSPS) is 10.3. The maximum Gasteiger partial charge on any atom is 0.265 e. The van der Waals surface area contributed by atoms with Crippen LogP contribution in [0.3, 0.4) is 0 Å². The molecule has 1 amide bonds. The van der Waals surface area contributed by atoms with Crippen LogP contribution in [0.5, 0.6) is 5.75 Å². The van der Waals surface area contributed by atoms with Crippen LogP contribution < -0.4 is 16.0 Å². The van der Waals surface area contributed by atoms with Gasteiger partial charge in [-0.25, -0.2) is 5.84 Å². The second-order valence-corrected chi connectivity index (χ2v) is 5.12. The molecular formula is C18H22N2O3. The molecule has 0 radical (unpaired) electrons. The summed E-state index contributed by atoms with van der Waals surface area (Å²) in [7, 11) is 1.70. The quantitative estimate of drug-likeness (QED) is 0.340. The first-order valence-corrected chi connectivity index (χ1v) is 7.58. The average molecular weight is 314 g/mol. The van der Waals surface area contributed by atoms with Gasteiger partial charge in [0.1, 0.15) is 5.75 Å². The van der Waals surface area contributed by atoms with Gasteiger partial charge in [-0.15, -0.1) is 0 Å². The van der Waals surface area contributed by atoms with E-state index in [1.165, 1.54) is 0 Å². The third kappa shape index (κ3) is 5.09. The summed E-state index contributed by atoms with van der Waals surface area (Å²) < 4.78 is 10.7. The lowest BCUT2D eigenvalue weighted by Gasteiger charge is -2.08. The Morgan fingerprint density at radius 2 is 1.52 bits per heavy atom. The Morgan fingerprint density at radius 1 is 0.957 bits per heavy atom. The van der Waals surface area contributed by atoms with Crippen LogP contribution in [0.4, 0.5) is 0 Å². The van der Waals surface area contributed by atoms with E-state index in [0.717, 1.165) is 36.3 Å². The molecule has 0 unspecified atom stereocenters. The molecule has 0 saturated heterocycles. The van der Waals surface area contributed by atoms with E-state index >= 15 is 0 Å². The van der Waals surface area contributed by atoms with Gasteiger partial charge in [-0.05, 0) is 48.2 Å². The number of carbonyl (C=O) groups excluding carboxylic acids is 1. The Kier molecular flexibility index (Phi) is 6.59. The van der Waals surface area contributed by atoms with Gasteiger partial charge in [0.15, 0.2) is 0 Å². The molecule has 0 aliphatic heterocycles. The Morgan fingerprint density at radius 3 is 2.09 bits per heavy atom. The number of amides is 1. The minimum absolute atomic E-state index is 0.297. The van der Waals surface area contributed by atoms with Crippen molar-refractivity contribution < 1.29 is 14.3 Å². The molecule has 0 aromatic heterocycles. The summed E-state index contributed by atoms with van der Waals surface area (Å²) in [6.45, 7) is 1.45. The zero-order valence-corrected chi connectivity index (χ0v) is 13.2. The first-order chi connectivity index (χ1) is 11.2. The Bertz CT molecular complexity index is 609. The van der Waals surface area contributed by atoms with Gasteiger partial charge in [0.2, 0.25) is 0 Å². The molecule has 122 valence electrons. The van der Waals surface area contributed by atoms with Gasteiger partial charge in [0.25, 0.3) is 5.91 Å². The Labute approximate surface area is 136 Å². The van der Waals surface area contributed by atoms with Crippen LogP contribution in [0.25, 0.3) is 11.1 Å². The van der Waals surface area contributed by atoms with Gasteiger partial charge in [-0.1, -0.05) is 24.3 Å². The zero-order chi connectivity index (χ0) is 16.5. The molecule has 0 spiro atoms. The standard InChI is InChI=1S/C18H22N2O3/c1-22-12-2-3-13-23-17-10-8-15(9-11-17)14-4-6-16(7-5-14)18(21)20-19/h4-11H,2-3,12-13,19H2,1H3,(H,20,21). The minimum Gasteiger partial charge on any atom is -0.494 e. The third-order valence-electron chi connectivity index (χ3n) is 3.48. The summed E-state index contributed by atoms with van der Waals surface area (Å²) >= 11 is 0. The van der Waals surface area contributed by atoms with Crippen LogP contribution in [-0.4, -0.2) is 26.2 Å². The highest BCUT2D eigenvalue weighted by molar-refractivity contribution is 5.94. The topological polar surface area (TPSA) is 73.6 Å². The zero-order valence-electron chi connectivity index (χ0n) is 13.2. The molecule has 2 aromatic carbocycles. The summed E-state index contributed by atoms with van der Waals surface area (Å²) in [5.41, 5.74) is 4.75. The van der Waals surface area contributed by atoms with Crippen molar-refractivity contribution >= 4 is 5.91 Å². The summed E-state index contributed by atoms with van der Waals surface area (Å²) in [5.74, 6) is 5.67. The van der Waals surface area contributed by atoms with Crippen LogP contribution in [0.15, 0.2) is 48.5 Å². The number of nitrogen functional groups attached to an aromatic ring is 1. The fraction of sp³-hybridized carbons (Fsp3) is 0.278. The fourth-order valence-electron chi connectivity index (χ4n) is 2.18.